The van der Waals surface area contributed by atoms with E-state index in [9.17, 15) is 13.2 Å². The molecule has 0 bridgehead atoms. The van der Waals surface area contributed by atoms with E-state index in [2.05, 4.69) is 19.2 Å². The van der Waals surface area contributed by atoms with E-state index in [0.29, 0.717) is 22.4 Å². The Morgan fingerprint density at radius 3 is 2.28 bits per heavy atom. The van der Waals surface area contributed by atoms with Gasteiger partial charge in [-0.1, -0.05) is 44.5 Å². The second-order valence-corrected chi connectivity index (χ2v) is 9.36. The average Bonchev–Trinajstić information content (AvgIpc) is 2.65. The number of methoxy groups -OCH3 is 1. The lowest BCUT2D eigenvalue weighted by Crippen LogP contribution is -2.47. The van der Waals surface area contributed by atoms with Crippen LogP contribution in [0.15, 0.2) is 42.5 Å². The zero-order valence-electron chi connectivity index (χ0n) is 17.3. The van der Waals surface area contributed by atoms with Gasteiger partial charge in [0.05, 0.1) is 19.1 Å². The van der Waals surface area contributed by atoms with E-state index in [1.807, 2.05) is 24.3 Å². The average molecular weight is 439 g/mol. The van der Waals surface area contributed by atoms with Crippen LogP contribution in [0, 0.1) is 0 Å². The minimum atomic E-state index is -3.80. The third-order valence-corrected chi connectivity index (χ3v) is 5.95. The highest BCUT2D eigenvalue weighted by Gasteiger charge is 2.33. The fourth-order valence-electron chi connectivity index (χ4n) is 3.05. The molecule has 0 aliphatic heterocycles. The minimum Gasteiger partial charge on any atom is -0.495 e. The number of hydrogen-bond acceptors (Lipinski definition) is 4. The normalized spacial score (nSPS) is 12.5. The van der Waals surface area contributed by atoms with Crippen LogP contribution >= 0.6 is 11.6 Å². The Balaban J connectivity index is 2.41. The quantitative estimate of drug-likeness (QED) is 0.650. The number of amides is 1. The number of hydrogen-bond donors (Lipinski definition) is 1. The van der Waals surface area contributed by atoms with Crippen LogP contribution in [0.25, 0.3) is 0 Å². The molecule has 1 atom stereocenters. The van der Waals surface area contributed by atoms with E-state index < -0.39 is 22.0 Å². The Bertz CT molecular complexity index is 959. The van der Waals surface area contributed by atoms with Crippen LogP contribution in [-0.2, 0) is 14.8 Å². The number of rotatable bonds is 8. The molecule has 0 aliphatic carbocycles. The number of carbonyl (C=O) groups excluding carboxylic acids is 1. The topological polar surface area (TPSA) is 75.7 Å². The van der Waals surface area contributed by atoms with E-state index in [0.717, 1.165) is 16.1 Å². The number of nitrogens with one attached hydrogen (secondary N) is 1. The van der Waals surface area contributed by atoms with Crippen molar-refractivity contribution in [1.29, 1.82) is 0 Å². The highest BCUT2D eigenvalue weighted by molar-refractivity contribution is 7.92. The maximum absolute atomic E-state index is 13.0. The van der Waals surface area contributed by atoms with E-state index in [1.165, 1.54) is 13.2 Å². The fourth-order valence-corrected chi connectivity index (χ4v) is 4.42. The molecule has 2 aromatic rings. The summed E-state index contributed by atoms with van der Waals surface area (Å²) in [6, 6.07) is 11.2. The van der Waals surface area contributed by atoms with Gasteiger partial charge < -0.3 is 10.1 Å². The molecule has 0 heterocycles. The van der Waals surface area contributed by atoms with Crippen LogP contribution in [0.3, 0.4) is 0 Å². The first-order valence-corrected chi connectivity index (χ1v) is 11.5. The molecule has 0 fully saturated rings. The summed E-state index contributed by atoms with van der Waals surface area (Å²) in [5.74, 6) is 0.253. The van der Waals surface area contributed by atoms with Crippen molar-refractivity contribution in [2.24, 2.45) is 0 Å². The summed E-state index contributed by atoms with van der Waals surface area (Å²) in [6.45, 7) is 5.92. The fraction of sp³-hybridized carbons (Fsp3) is 0.381. The maximum Gasteiger partial charge on any atom is 0.248 e. The lowest BCUT2D eigenvalue weighted by molar-refractivity contribution is -0.117. The van der Waals surface area contributed by atoms with Crippen LogP contribution in [0.1, 0.15) is 38.7 Å². The lowest BCUT2D eigenvalue weighted by Gasteiger charge is -2.31. The summed E-state index contributed by atoms with van der Waals surface area (Å²) in [7, 11) is -2.37. The Labute approximate surface area is 177 Å². The van der Waals surface area contributed by atoms with Gasteiger partial charge in [-0.15, -0.1) is 0 Å². The van der Waals surface area contributed by atoms with E-state index in [1.54, 1.807) is 19.1 Å². The van der Waals surface area contributed by atoms with Gasteiger partial charge >= 0.3 is 0 Å². The minimum absolute atomic E-state index is 0.222. The van der Waals surface area contributed by atoms with Crippen molar-refractivity contribution in [3.63, 3.8) is 0 Å². The zero-order valence-corrected chi connectivity index (χ0v) is 18.8. The zero-order chi connectivity index (χ0) is 21.8. The molecule has 0 aliphatic rings. The summed E-state index contributed by atoms with van der Waals surface area (Å²) in [6.07, 6.45) is 1.32. The van der Waals surface area contributed by atoms with Gasteiger partial charge in [0.2, 0.25) is 15.9 Å². The number of anilines is 2. The van der Waals surface area contributed by atoms with Gasteiger partial charge in [0.1, 0.15) is 11.8 Å². The molecule has 1 unspecified atom stereocenters. The molecule has 0 saturated heterocycles. The van der Waals surface area contributed by atoms with Crippen LogP contribution in [0.2, 0.25) is 5.02 Å². The Morgan fingerprint density at radius 1 is 1.17 bits per heavy atom. The highest BCUT2D eigenvalue weighted by atomic mass is 35.5. The maximum atomic E-state index is 13.0. The molecule has 158 valence electrons. The van der Waals surface area contributed by atoms with Crippen molar-refractivity contribution in [3.8, 4) is 5.75 Å². The molecule has 8 heteroatoms. The second kappa shape index (κ2) is 9.50. The largest absolute Gasteiger partial charge is 0.495 e. The van der Waals surface area contributed by atoms with Crippen molar-refractivity contribution >= 4 is 38.9 Å². The molecule has 6 nitrogen and oxygen atoms in total. The van der Waals surface area contributed by atoms with Crippen molar-refractivity contribution in [2.75, 3.05) is 23.0 Å². The first-order valence-electron chi connectivity index (χ1n) is 9.32. The molecular formula is C21H27ClN2O4S. The molecule has 1 N–H and O–H groups in total. The van der Waals surface area contributed by atoms with Crippen molar-refractivity contribution in [2.45, 2.75) is 39.2 Å². The monoisotopic (exact) mass is 438 g/mol. The molecule has 0 aromatic heterocycles. The standard InChI is InChI=1S/C21H27ClN2O4S/c1-6-18(21(25)23-17-10-7-15(8-11-17)14(2)3)24(29(5,26)27)19-13-16(22)9-12-20(19)28-4/h7-14,18H,6H2,1-5H3,(H,23,25). The van der Waals surface area contributed by atoms with Gasteiger partial charge in [-0.2, -0.15) is 0 Å². The van der Waals surface area contributed by atoms with Gasteiger partial charge in [-0.3, -0.25) is 9.10 Å². The molecule has 0 radical (unpaired) electrons. The summed E-state index contributed by atoms with van der Waals surface area (Å²) in [5.41, 5.74) is 1.97. The van der Waals surface area contributed by atoms with E-state index in [-0.39, 0.29) is 12.1 Å². The third kappa shape index (κ3) is 5.64. The highest BCUT2D eigenvalue weighted by Crippen LogP contribution is 2.35. The number of halogens is 1. The van der Waals surface area contributed by atoms with Crippen molar-refractivity contribution < 1.29 is 17.9 Å². The second-order valence-electron chi connectivity index (χ2n) is 7.06. The van der Waals surface area contributed by atoms with Crippen LogP contribution in [0.5, 0.6) is 5.75 Å². The molecule has 2 aromatic carbocycles. The number of carbonyl (C=O) groups is 1. The first-order chi connectivity index (χ1) is 13.6. The summed E-state index contributed by atoms with van der Waals surface area (Å²) in [4.78, 5) is 13.0. The smallest absolute Gasteiger partial charge is 0.248 e. The van der Waals surface area contributed by atoms with Gasteiger partial charge in [0.15, 0.2) is 0 Å². The lowest BCUT2D eigenvalue weighted by atomic mass is 10.0. The summed E-state index contributed by atoms with van der Waals surface area (Å²) >= 11 is 6.09. The Morgan fingerprint density at radius 2 is 1.79 bits per heavy atom. The van der Waals surface area contributed by atoms with Gasteiger partial charge in [-0.05, 0) is 48.2 Å². The number of benzene rings is 2. The molecule has 2 rings (SSSR count). The predicted octanol–water partition coefficient (Wildman–Crippen LogP) is 4.66. The molecular weight excluding hydrogens is 412 g/mol. The van der Waals surface area contributed by atoms with Crippen LogP contribution in [0.4, 0.5) is 11.4 Å². The van der Waals surface area contributed by atoms with E-state index in [4.69, 9.17) is 16.3 Å². The predicted molar refractivity (Wildman–Crippen MR) is 119 cm³/mol. The number of nitrogens with zero attached hydrogens (tertiary/aromatic N) is 1. The Hall–Kier alpha value is -2.25. The van der Waals surface area contributed by atoms with Gasteiger partial charge in [0, 0.05) is 10.7 Å². The molecule has 0 spiro atoms. The van der Waals surface area contributed by atoms with E-state index >= 15 is 0 Å². The summed E-state index contributed by atoms with van der Waals surface area (Å²) in [5, 5.41) is 3.16. The number of ether oxygens (including phenoxy) is 1. The molecule has 0 saturated carbocycles. The van der Waals surface area contributed by atoms with Crippen LogP contribution in [-0.4, -0.2) is 33.7 Å². The summed E-state index contributed by atoms with van der Waals surface area (Å²) < 4.78 is 31.6. The third-order valence-electron chi connectivity index (χ3n) is 4.55. The first kappa shape index (κ1) is 23.0. The Kier molecular flexibility index (Phi) is 7.54. The molecule has 29 heavy (non-hydrogen) atoms. The van der Waals surface area contributed by atoms with Gasteiger partial charge in [-0.25, -0.2) is 8.42 Å². The van der Waals surface area contributed by atoms with Crippen LogP contribution < -0.4 is 14.4 Å². The van der Waals surface area contributed by atoms with Gasteiger partial charge in [0.25, 0.3) is 0 Å². The van der Waals surface area contributed by atoms with Crippen molar-refractivity contribution in [3.05, 3.63) is 53.1 Å². The SMILES string of the molecule is CCC(C(=O)Nc1ccc(C(C)C)cc1)N(c1cc(Cl)ccc1OC)S(C)(=O)=O. The van der Waals surface area contributed by atoms with Crippen molar-refractivity contribution in [1.82, 2.24) is 0 Å². The number of sulfonamides is 1. The molecule has 1 amide bonds.